The van der Waals surface area contributed by atoms with Gasteiger partial charge in [0, 0.05) is 18.7 Å². The molecule has 2 rings (SSSR count). The van der Waals surface area contributed by atoms with Gasteiger partial charge in [0.15, 0.2) is 5.16 Å². The van der Waals surface area contributed by atoms with Crippen LogP contribution in [0.4, 0.5) is 11.6 Å². The van der Waals surface area contributed by atoms with E-state index < -0.39 is 0 Å². The molecule has 0 aromatic carbocycles. The molecule has 17 heavy (non-hydrogen) atoms. The zero-order chi connectivity index (χ0) is 12.3. The highest BCUT2D eigenvalue weighted by molar-refractivity contribution is 7.98. The standard InChI is InChI=1S/C11H19N5S/c1-3-6-16(8-4-5-8)10-7-9(15-12)13-11(14-10)17-2/h7-8H,3-6,12H2,1-2H3,(H,13,14,15). The summed E-state index contributed by atoms with van der Waals surface area (Å²) in [4.78, 5) is 11.2. The molecule has 0 aliphatic heterocycles. The van der Waals surface area contributed by atoms with Gasteiger partial charge in [-0.15, -0.1) is 0 Å². The summed E-state index contributed by atoms with van der Waals surface area (Å²) < 4.78 is 0. The first-order chi connectivity index (χ1) is 8.28. The van der Waals surface area contributed by atoms with E-state index in [2.05, 4.69) is 27.2 Å². The van der Waals surface area contributed by atoms with Crippen LogP contribution in [0.1, 0.15) is 26.2 Å². The summed E-state index contributed by atoms with van der Waals surface area (Å²) in [5, 5.41) is 0.761. The summed E-state index contributed by atoms with van der Waals surface area (Å²) in [7, 11) is 0. The first kappa shape index (κ1) is 12.4. The minimum absolute atomic E-state index is 0.658. The van der Waals surface area contributed by atoms with Crippen LogP contribution in [0.5, 0.6) is 0 Å². The second-order valence-corrected chi connectivity index (χ2v) is 4.94. The molecule has 94 valence electrons. The number of nitrogens with zero attached hydrogens (tertiary/aromatic N) is 3. The summed E-state index contributed by atoms with van der Waals surface area (Å²) in [5.41, 5.74) is 2.61. The van der Waals surface area contributed by atoms with Gasteiger partial charge >= 0.3 is 0 Å². The molecule has 6 heteroatoms. The van der Waals surface area contributed by atoms with Crippen molar-refractivity contribution in [2.24, 2.45) is 5.84 Å². The molecule has 1 fully saturated rings. The Bertz CT molecular complexity index is 358. The number of thioether (sulfide) groups is 1. The van der Waals surface area contributed by atoms with Crippen molar-refractivity contribution in [3.63, 3.8) is 0 Å². The predicted molar refractivity (Wildman–Crippen MR) is 72.3 cm³/mol. The van der Waals surface area contributed by atoms with E-state index in [4.69, 9.17) is 5.84 Å². The molecule has 1 saturated carbocycles. The number of hydrogen-bond acceptors (Lipinski definition) is 6. The zero-order valence-corrected chi connectivity index (χ0v) is 11.1. The molecule has 1 aliphatic rings. The van der Waals surface area contributed by atoms with Crippen molar-refractivity contribution in [1.29, 1.82) is 0 Å². The lowest BCUT2D eigenvalue weighted by atomic mass is 10.3. The van der Waals surface area contributed by atoms with Crippen molar-refractivity contribution in [1.82, 2.24) is 9.97 Å². The first-order valence-electron chi connectivity index (χ1n) is 5.94. The van der Waals surface area contributed by atoms with E-state index in [1.807, 2.05) is 12.3 Å². The molecule has 1 heterocycles. The SMILES string of the molecule is CCCN(c1cc(NN)nc(SC)n1)C1CC1. The van der Waals surface area contributed by atoms with Gasteiger partial charge in [-0.1, -0.05) is 18.7 Å². The van der Waals surface area contributed by atoms with Gasteiger partial charge in [0.25, 0.3) is 0 Å². The molecule has 5 nitrogen and oxygen atoms in total. The van der Waals surface area contributed by atoms with Crippen molar-refractivity contribution in [3.05, 3.63) is 6.07 Å². The Morgan fingerprint density at radius 3 is 2.82 bits per heavy atom. The van der Waals surface area contributed by atoms with Gasteiger partial charge in [-0.2, -0.15) is 0 Å². The fraction of sp³-hybridized carbons (Fsp3) is 0.636. The van der Waals surface area contributed by atoms with Crippen molar-refractivity contribution in [2.75, 3.05) is 23.1 Å². The average molecular weight is 253 g/mol. The van der Waals surface area contributed by atoms with E-state index in [0.717, 1.165) is 23.9 Å². The maximum atomic E-state index is 5.44. The maximum Gasteiger partial charge on any atom is 0.191 e. The molecule has 0 amide bonds. The summed E-state index contributed by atoms with van der Waals surface area (Å²) >= 11 is 1.54. The third-order valence-corrected chi connectivity index (χ3v) is 3.32. The molecule has 0 bridgehead atoms. The van der Waals surface area contributed by atoms with Gasteiger partial charge in [0.05, 0.1) is 0 Å². The monoisotopic (exact) mass is 253 g/mol. The molecule has 1 aromatic rings. The highest BCUT2D eigenvalue weighted by Crippen LogP contribution is 2.32. The third-order valence-electron chi connectivity index (χ3n) is 2.77. The molecular weight excluding hydrogens is 234 g/mol. The Morgan fingerprint density at radius 1 is 1.53 bits per heavy atom. The number of rotatable bonds is 6. The summed E-state index contributed by atoms with van der Waals surface area (Å²) in [6.07, 6.45) is 5.63. The minimum Gasteiger partial charge on any atom is -0.353 e. The molecule has 0 radical (unpaired) electrons. The number of anilines is 2. The Morgan fingerprint density at radius 2 is 2.29 bits per heavy atom. The second kappa shape index (κ2) is 5.55. The molecule has 3 N–H and O–H groups in total. The summed E-state index contributed by atoms with van der Waals surface area (Å²) in [6, 6.07) is 2.58. The highest BCUT2D eigenvalue weighted by Gasteiger charge is 2.29. The number of nitrogens with two attached hydrogens (primary N) is 1. The maximum absolute atomic E-state index is 5.44. The Labute approximate surface area is 106 Å². The van der Waals surface area contributed by atoms with E-state index in [9.17, 15) is 0 Å². The van der Waals surface area contributed by atoms with Crippen LogP contribution in [0, 0.1) is 0 Å². The fourth-order valence-electron chi connectivity index (χ4n) is 1.84. The first-order valence-corrected chi connectivity index (χ1v) is 7.17. The van der Waals surface area contributed by atoms with Crippen LogP contribution in [-0.2, 0) is 0 Å². The van der Waals surface area contributed by atoms with Crippen LogP contribution in [0.3, 0.4) is 0 Å². The van der Waals surface area contributed by atoms with Gasteiger partial charge in [-0.3, -0.25) is 0 Å². The van der Waals surface area contributed by atoms with Crippen molar-refractivity contribution >= 4 is 23.4 Å². The normalized spacial score (nSPS) is 14.8. The number of nitrogens with one attached hydrogen (secondary N) is 1. The van der Waals surface area contributed by atoms with Gasteiger partial charge in [0.2, 0.25) is 0 Å². The average Bonchev–Trinajstić information content (AvgIpc) is 3.19. The number of nitrogen functional groups attached to an aromatic ring is 1. The van der Waals surface area contributed by atoms with E-state index in [1.165, 1.54) is 24.6 Å². The quantitative estimate of drug-likeness (QED) is 0.349. The van der Waals surface area contributed by atoms with Crippen LogP contribution < -0.4 is 16.2 Å². The van der Waals surface area contributed by atoms with Gasteiger partial charge in [0.1, 0.15) is 11.6 Å². The smallest absolute Gasteiger partial charge is 0.191 e. The molecule has 0 saturated heterocycles. The number of aromatic nitrogens is 2. The highest BCUT2D eigenvalue weighted by atomic mass is 32.2. The molecule has 1 aliphatic carbocycles. The predicted octanol–water partition coefficient (Wildman–Crippen LogP) is 1.86. The van der Waals surface area contributed by atoms with Crippen molar-refractivity contribution in [3.8, 4) is 0 Å². The molecule has 0 unspecified atom stereocenters. The van der Waals surface area contributed by atoms with Gasteiger partial charge in [-0.25, -0.2) is 15.8 Å². The molecule has 0 atom stereocenters. The minimum atomic E-state index is 0.658. The van der Waals surface area contributed by atoms with Crippen LogP contribution in [0.25, 0.3) is 0 Å². The van der Waals surface area contributed by atoms with Crippen molar-refractivity contribution < 1.29 is 0 Å². The van der Waals surface area contributed by atoms with Crippen LogP contribution in [0.2, 0.25) is 0 Å². The lowest BCUT2D eigenvalue weighted by Gasteiger charge is -2.23. The van der Waals surface area contributed by atoms with Crippen molar-refractivity contribution in [2.45, 2.75) is 37.4 Å². The lowest BCUT2D eigenvalue weighted by molar-refractivity contribution is 0.739. The van der Waals surface area contributed by atoms with Gasteiger partial charge < -0.3 is 10.3 Å². The Balaban J connectivity index is 2.27. The van der Waals surface area contributed by atoms with Crippen LogP contribution in [-0.4, -0.2) is 28.8 Å². The fourth-order valence-corrected chi connectivity index (χ4v) is 2.21. The molecule has 1 aromatic heterocycles. The second-order valence-electron chi connectivity index (χ2n) is 4.17. The van der Waals surface area contributed by atoms with Gasteiger partial charge in [-0.05, 0) is 25.5 Å². The van der Waals surface area contributed by atoms with E-state index >= 15 is 0 Å². The number of hydrazine groups is 1. The number of hydrogen-bond donors (Lipinski definition) is 2. The molecule has 0 spiro atoms. The largest absolute Gasteiger partial charge is 0.353 e. The van der Waals surface area contributed by atoms with Crippen LogP contribution in [0.15, 0.2) is 11.2 Å². The summed E-state index contributed by atoms with van der Waals surface area (Å²) in [6.45, 7) is 3.23. The van der Waals surface area contributed by atoms with Crippen LogP contribution >= 0.6 is 11.8 Å². The van der Waals surface area contributed by atoms with E-state index in [0.29, 0.717) is 11.9 Å². The summed E-state index contributed by atoms with van der Waals surface area (Å²) in [5.74, 6) is 7.11. The topological polar surface area (TPSA) is 67.1 Å². The third kappa shape index (κ3) is 3.01. The van der Waals surface area contributed by atoms with E-state index in [-0.39, 0.29) is 0 Å². The Kier molecular flexibility index (Phi) is 4.06. The molecular formula is C11H19N5S. The van der Waals surface area contributed by atoms with E-state index in [1.54, 1.807) is 0 Å². The zero-order valence-electron chi connectivity index (χ0n) is 10.3. The Hall–Kier alpha value is -1.01. The lowest BCUT2D eigenvalue weighted by Crippen LogP contribution is -2.28.